The first kappa shape index (κ1) is 15.7. The van der Waals surface area contributed by atoms with E-state index in [0.29, 0.717) is 24.3 Å². The van der Waals surface area contributed by atoms with Gasteiger partial charge in [-0.1, -0.05) is 12.1 Å². The van der Waals surface area contributed by atoms with E-state index < -0.39 is 9.84 Å². The SMILES string of the molecule is COC(=O)CCCCS(=O)(=O)c1ccc(CN)cc1. The number of hydrogen-bond donors (Lipinski definition) is 1. The molecule has 5 nitrogen and oxygen atoms in total. The molecule has 0 heterocycles. The molecule has 19 heavy (non-hydrogen) atoms. The third-order valence-electron chi connectivity index (χ3n) is 2.79. The highest BCUT2D eigenvalue weighted by molar-refractivity contribution is 7.91. The smallest absolute Gasteiger partial charge is 0.305 e. The summed E-state index contributed by atoms with van der Waals surface area (Å²) in [6, 6.07) is 6.55. The number of esters is 1. The lowest BCUT2D eigenvalue weighted by molar-refractivity contribution is -0.140. The van der Waals surface area contributed by atoms with Gasteiger partial charge >= 0.3 is 5.97 Å². The maximum Gasteiger partial charge on any atom is 0.305 e. The number of benzene rings is 1. The lowest BCUT2D eigenvalue weighted by Crippen LogP contribution is -2.08. The van der Waals surface area contributed by atoms with E-state index in [1.54, 1.807) is 24.3 Å². The first-order chi connectivity index (χ1) is 8.99. The summed E-state index contributed by atoms with van der Waals surface area (Å²) in [7, 11) is -1.97. The number of carbonyl (C=O) groups is 1. The largest absolute Gasteiger partial charge is 0.469 e. The Labute approximate surface area is 113 Å². The van der Waals surface area contributed by atoms with Crippen molar-refractivity contribution in [3.63, 3.8) is 0 Å². The summed E-state index contributed by atoms with van der Waals surface area (Å²) in [5, 5.41) is 0. The van der Waals surface area contributed by atoms with Crippen molar-refractivity contribution < 1.29 is 17.9 Å². The van der Waals surface area contributed by atoms with Gasteiger partial charge in [0, 0.05) is 13.0 Å². The second-order valence-electron chi connectivity index (χ2n) is 4.20. The molecule has 1 aromatic carbocycles. The van der Waals surface area contributed by atoms with Gasteiger partial charge in [-0.2, -0.15) is 0 Å². The molecular formula is C13H19NO4S. The fraction of sp³-hybridized carbons (Fsp3) is 0.462. The molecule has 0 amide bonds. The predicted molar refractivity (Wildman–Crippen MR) is 72.3 cm³/mol. The Morgan fingerprint density at radius 2 is 1.84 bits per heavy atom. The molecular weight excluding hydrogens is 266 g/mol. The monoisotopic (exact) mass is 285 g/mol. The quantitative estimate of drug-likeness (QED) is 0.602. The molecule has 0 aliphatic heterocycles. The van der Waals surface area contributed by atoms with Gasteiger partial charge < -0.3 is 10.5 Å². The number of rotatable bonds is 7. The molecule has 0 aliphatic rings. The lowest BCUT2D eigenvalue weighted by Gasteiger charge is -2.05. The second-order valence-corrected chi connectivity index (χ2v) is 6.31. The van der Waals surface area contributed by atoms with Gasteiger partial charge in [-0.05, 0) is 30.5 Å². The topological polar surface area (TPSA) is 86.5 Å². The predicted octanol–water partition coefficient (Wildman–Crippen LogP) is 1.26. The van der Waals surface area contributed by atoms with Gasteiger partial charge in [-0.15, -0.1) is 0 Å². The first-order valence-electron chi connectivity index (χ1n) is 6.08. The average molecular weight is 285 g/mol. The molecule has 0 fully saturated rings. The third kappa shape index (κ3) is 5.00. The van der Waals surface area contributed by atoms with E-state index in [4.69, 9.17) is 5.73 Å². The molecule has 106 valence electrons. The molecule has 0 saturated carbocycles. The van der Waals surface area contributed by atoms with Crippen LogP contribution in [0.5, 0.6) is 0 Å². The summed E-state index contributed by atoms with van der Waals surface area (Å²) in [6.45, 7) is 0.388. The van der Waals surface area contributed by atoms with Crippen molar-refractivity contribution in [1.29, 1.82) is 0 Å². The minimum Gasteiger partial charge on any atom is -0.469 e. The summed E-state index contributed by atoms with van der Waals surface area (Å²) >= 11 is 0. The number of ether oxygens (including phenoxy) is 1. The number of hydrogen-bond acceptors (Lipinski definition) is 5. The van der Waals surface area contributed by atoms with Crippen molar-refractivity contribution in [2.45, 2.75) is 30.7 Å². The van der Waals surface area contributed by atoms with Crippen LogP contribution in [-0.2, 0) is 25.9 Å². The van der Waals surface area contributed by atoms with Crippen LogP contribution < -0.4 is 5.73 Å². The van der Waals surface area contributed by atoms with Crippen LogP contribution in [-0.4, -0.2) is 27.2 Å². The highest BCUT2D eigenvalue weighted by Crippen LogP contribution is 2.14. The van der Waals surface area contributed by atoms with E-state index in [-0.39, 0.29) is 18.1 Å². The zero-order chi connectivity index (χ0) is 14.3. The summed E-state index contributed by atoms with van der Waals surface area (Å²) < 4.78 is 28.5. The van der Waals surface area contributed by atoms with E-state index in [9.17, 15) is 13.2 Å². The van der Waals surface area contributed by atoms with Gasteiger partial charge in [-0.25, -0.2) is 8.42 Å². The summed E-state index contributed by atoms with van der Waals surface area (Å²) in [4.78, 5) is 11.2. The molecule has 6 heteroatoms. The van der Waals surface area contributed by atoms with Crippen LogP contribution in [0, 0.1) is 0 Å². The maximum atomic E-state index is 12.0. The van der Waals surface area contributed by atoms with Gasteiger partial charge in [0.2, 0.25) is 0 Å². The van der Waals surface area contributed by atoms with Crippen LogP contribution >= 0.6 is 0 Å². The number of sulfone groups is 1. The van der Waals surface area contributed by atoms with Crippen LogP contribution in [0.2, 0.25) is 0 Å². The van der Waals surface area contributed by atoms with E-state index in [1.165, 1.54) is 7.11 Å². The Bertz CT molecular complexity index is 508. The number of nitrogens with two attached hydrogens (primary N) is 1. The molecule has 0 aromatic heterocycles. The molecule has 0 aliphatic carbocycles. The Morgan fingerprint density at radius 3 is 2.37 bits per heavy atom. The lowest BCUT2D eigenvalue weighted by atomic mass is 10.2. The minimum atomic E-state index is -3.28. The molecule has 2 N–H and O–H groups in total. The van der Waals surface area contributed by atoms with Crippen molar-refractivity contribution in [2.24, 2.45) is 5.73 Å². The van der Waals surface area contributed by atoms with E-state index in [2.05, 4.69) is 4.74 Å². The minimum absolute atomic E-state index is 0.0337. The Morgan fingerprint density at radius 1 is 1.21 bits per heavy atom. The highest BCUT2D eigenvalue weighted by atomic mass is 32.2. The van der Waals surface area contributed by atoms with Crippen molar-refractivity contribution >= 4 is 15.8 Å². The fourth-order valence-corrected chi connectivity index (χ4v) is 2.98. The van der Waals surface area contributed by atoms with Crippen molar-refractivity contribution in [1.82, 2.24) is 0 Å². The second kappa shape index (κ2) is 7.25. The van der Waals surface area contributed by atoms with Crippen LogP contribution in [0.1, 0.15) is 24.8 Å². The third-order valence-corrected chi connectivity index (χ3v) is 4.61. The standard InChI is InChI=1S/C13H19NO4S/c1-18-13(15)4-2-3-9-19(16,17)12-7-5-11(10-14)6-8-12/h5-8H,2-4,9-10,14H2,1H3. The molecule has 1 aromatic rings. The fourth-order valence-electron chi connectivity index (χ4n) is 1.61. The maximum absolute atomic E-state index is 12.0. The molecule has 0 spiro atoms. The highest BCUT2D eigenvalue weighted by Gasteiger charge is 2.14. The number of unbranched alkanes of at least 4 members (excludes halogenated alkanes) is 1. The van der Waals surface area contributed by atoms with Crippen LogP contribution in [0.15, 0.2) is 29.2 Å². The number of carbonyl (C=O) groups excluding carboxylic acids is 1. The summed E-state index contributed by atoms with van der Waals surface area (Å²) in [5.74, 6) is -0.281. The van der Waals surface area contributed by atoms with Gasteiger partial charge in [0.1, 0.15) is 0 Å². The molecule has 0 atom stereocenters. The van der Waals surface area contributed by atoms with Crippen LogP contribution in [0.4, 0.5) is 0 Å². The Hall–Kier alpha value is -1.40. The van der Waals surface area contributed by atoms with Crippen molar-refractivity contribution in [2.75, 3.05) is 12.9 Å². The Balaban J connectivity index is 2.53. The van der Waals surface area contributed by atoms with Crippen LogP contribution in [0.3, 0.4) is 0 Å². The summed E-state index contributed by atoms with van der Waals surface area (Å²) in [5.41, 5.74) is 6.35. The molecule has 1 rings (SSSR count). The van der Waals surface area contributed by atoms with Crippen molar-refractivity contribution in [3.05, 3.63) is 29.8 Å². The molecule has 0 radical (unpaired) electrons. The van der Waals surface area contributed by atoms with Gasteiger partial charge in [0.15, 0.2) is 9.84 Å². The normalized spacial score (nSPS) is 11.3. The molecule has 0 bridgehead atoms. The van der Waals surface area contributed by atoms with E-state index in [1.807, 2.05) is 0 Å². The zero-order valence-corrected chi connectivity index (χ0v) is 11.8. The van der Waals surface area contributed by atoms with Crippen molar-refractivity contribution in [3.8, 4) is 0 Å². The Kier molecular flexibility index (Phi) is 5.98. The molecule has 0 saturated heterocycles. The summed E-state index contributed by atoms with van der Waals surface area (Å²) in [6.07, 6.45) is 1.20. The van der Waals surface area contributed by atoms with Gasteiger partial charge in [0.25, 0.3) is 0 Å². The molecule has 0 unspecified atom stereocenters. The average Bonchev–Trinajstić information content (AvgIpc) is 2.43. The van der Waals surface area contributed by atoms with E-state index >= 15 is 0 Å². The first-order valence-corrected chi connectivity index (χ1v) is 7.73. The van der Waals surface area contributed by atoms with E-state index in [0.717, 1.165) is 5.56 Å². The zero-order valence-electron chi connectivity index (χ0n) is 11.0. The van der Waals surface area contributed by atoms with Crippen LogP contribution in [0.25, 0.3) is 0 Å². The van der Waals surface area contributed by atoms with Gasteiger partial charge in [-0.3, -0.25) is 4.79 Å². The number of methoxy groups -OCH3 is 1. The van der Waals surface area contributed by atoms with Gasteiger partial charge in [0.05, 0.1) is 17.8 Å².